The van der Waals surface area contributed by atoms with E-state index in [1.165, 1.54) is 31.3 Å². The van der Waals surface area contributed by atoms with Crippen molar-refractivity contribution in [1.82, 2.24) is 5.32 Å². The second-order valence-corrected chi connectivity index (χ2v) is 7.95. The largest absolute Gasteiger partial charge is 0.350 e. The lowest BCUT2D eigenvalue weighted by molar-refractivity contribution is 0.0943. The maximum absolute atomic E-state index is 12.6. The van der Waals surface area contributed by atoms with Gasteiger partial charge in [-0.15, -0.1) is 0 Å². The van der Waals surface area contributed by atoms with Crippen LogP contribution in [0.5, 0.6) is 0 Å². The van der Waals surface area contributed by atoms with Crippen molar-refractivity contribution in [2.24, 2.45) is 0 Å². The van der Waals surface area contributed by atoms with E-state index in [1.807, 2.05) is 13.8 Å². The van der Waals surface area contributed by atoms with Crippen LogP contribution in [0.4, 0.5) is 5.69 Å². The van der Waals surface area contributed by atoms with E-state index < -0.39 is 10.0 Å². The van der Waals surface area contributed by atoms with E-state index in [2.05, 4.69) is 5.32 Å². The standard InChI is InChI=1S/C17H19ClN2O3S/c1-12(2)19-17(21)15-10-9-13(11-16(15)18)20(3)24(22,23)14-7-5-4-6-8-14/h4-12H,1-3H3,(H,19,21). The van der Waals surface area contributed by atoms with Crippen molar-refractivity contribution in [2.75, 3.05) is 11.4 Å². The molecule has 24 heavy (non-hydrogen) atoms. The Balaban J connectivity index is 2.33. The third-order valence-electron chi connectivity index (χ3n) is 3.38. The summed E-state index contributed by atoms with van der Waals surface area (Å²) in [6, 6.07) is 12.6. The van der Waals surface area contributed by atoms with Gasteiger partial charge in [-0.25, -0.2) is 8.42 Å². The molecule has 5 nitrogen and oxygen atoms in total. The highest BCUT2D eigenvalue weighted by Gasteiger charge is 2.22. The number of benzene rings is 2. The van der Waals surface area contributed by atoms with Crippen LogP contribution < -0.4 is 9.62 Å². The van der Waals surface area contributed by atoms with Crippen LogP contribution in [0.15, 0.2) is 53.4 Å². The molecule has 0 heterocycles. The first kappa shape index (κ1) is 18.3. The van der Waals surface area contributed by atoms with E-state index in [0.29, 0.717) is 11.3 Å². The molecule has 0 atom stereocenters. The van der Waals surface area contributed by atoms with Crippen LogP contribution in [-0.2, 0) is 10.0 Å². The van der Waals surface area contributed by atoms with E-state index >= 15 is 0 Å². The number of amides is 1. The molecule has 0 unspecified atom stereocenters. The lowest BCUT2D eigenvalue weighted by Crippen LogP contribution is -2.30. The summed E-state index contributed by atoms with van der Waals surface area (Å²) >= 11 is 6.17. The number of nitrogens with one attached hydrogen (secondary N) is 1. The predicted octanol–water partition coefficient (Wildman–Crippen LogP) is 3.30. The number of sulfonamides is 1. The summed E-state index contributed by atoms with van der Waals surface area (Å²) in [4.78, 5) is 12.2. The lowest BCUT2D eigenvalue weighted by Gasteiger charge is -2.20. The summed E-state index contributed by atoms with van der Waals surface area (Å²) in [7, 11) is -2.24. The zero-order valence-corrected chi connectivity index (χ0v) is 15.2. The van der Waals surface area contributed by atoms with Crippen molar-refractivity contribution < 1.29 is 13.2 Å². The normalized spacial score (nSPS) is 11.4. The minimum atomic E-state index is -3.69. The van der Waals surface area contributed by atoms with Gasteiger partial charge < -0.3 is 5.32 Å². The first-order chi connectivity index (χ1) is 11.2. The molecule has 1 N–H and O–H groups in total. The van der Waals surface area contributed by atoms with Crippen LogP contribution in [0.25, 0.3) is 0 Å². The zero-order valence-electron chi connectivity index (χ0n) is 13.7. The predicted molar refractivity (Wildman–Crippen MR) is 96.1 cm³/mol. The maximum Gasteiger partial charge on any atom is 0.264 e. The fourth-order valence-electron chi connectivity index (χ4n) is 2.11. The van der Waals surface area contributed by atoms with E-state index in [1.54, 1.807) is 24.3 Å². The SMILES string of the molecule is CC(C)NC(=O)c1ccc(N(C)S(=O)(=O)c2ccccc2)cc1Cl. The number of anilines is 1. The van der Waals surface area contributed by atoms with Gasteiger partial charge in [0.25, 0.3) is 15.9 Å². The number of halogens is 1. The third-order valence-corrected chi connectivity index (χ3v) is 5.49. The maximum atomic E-state index is 12.6. The highest BCUT2D eigenvalue weighted by Crippen LogP contribution is 2.27. The van der Waals surface area contributed by atoms with Crippen molar-refractivity contribution >= 4 is 33.2 Å². The van der Waals surface area contributed by atoms with Crippen LogP contribution in [0.2, 0.25) is 5.02 Å². The second kappa shape index (κ2) is 7.23. The molecule has 0 radical (unpaired) electrons. The number of carbonyl (C=O) groups is 1. The number of hydrogen-bond acceptors (Lipinski definition) is 3. The van der Waals surface area contributed by atoms with Gasteiger partial charge in [-0.3, -0.25) is 9.10 Å². The van der Waals surface area contributed by atoms with Crippen molar-refractivity contribution in [3.63, 3.8) is 0 Å². The van der Waals surface area contributed by atoms with E-state index in [0.717, 1.165) is 4.31 Å². The van der Waals surface area contributed by atoms with Gasteiger partial charge in [-0.2, -0.15) is 0 Å². The van der Waals surface area contributed by atoms with Gasteiger partial charge in [0.1, 0.15) is 0 Å². The topological polar surface area (TPSA) is 66.5 Å². The molecule has 0 aliphatic carbocycles. The smallest absolute Gasteiger partial charge is 0.264 e. The van der Waals surface area contributed by atoms with Gasteiger partial charge in [0.2, 0.25) is 0 Å². The molecule has 0 fully saturated rings. The van der Waals surface area contributed by atoms with Gasteiger partial charge in [-0.05, 0) is 44.2 Å². The zero-order chi connectivity index (χ0) is 17.9. The molecule has 2 rings (SSSR count). The van der Waals surface area contributed by atoms with Gasteiger partial charge >= 0.3 is 0 Å². The summed E-state index contributed by atoms with van der Waals surface area (Å²) in [5.41, 5.74) is 0.685. The molecule has 0 aliphatic heterocycles. The molecule has 0 bridgehead atoms. The molecule has 0 saturated carbocycles. The Morgan fingerprint density at radius 3 is 2.29 bits per heavy atom. The quantitative estimate of drug-likeness (QED) is 0.882. The Hall–Kier alpha value is -2.05. The fourth-order valence-corrected chi connectivity index (χ4v) is 3.58. The van der Waals surface area contributed by atoms with Crippen LogP contribution in [0.1, 0.15) is 24.2 Å². The number of rotatable bonds is 5. The summed E-state index contributed by atoms with van der Waals surface area (Å²) in [6.07, 6.45) is 0. The van der Waals surface area contributed by atoms with Crippen molar-refractivity contribution in [3.05, 3.63) is 59.1 Å². The Morgan fingerprint density at radius 2 is 1.75 bits per heavy atom. The minimum Gasteiger partial charge on any atom is -0.350 e. The molecular weight excluding hydrogens is 348 g/mol. The van der Waals surface area contributed by atoms with E-state index in [9.17, 15) is 13.2 Å². The molecule has 0 aromatic heterocycles. The van der Waals surface area contributed by atoms with Crippen LogP contribution in [-0.4, -0.2) is 27.4 Å². The Morgan fingerprint density at radius 1 is 1.12 bits per heavy atom. The summed E-state index contributed by atoms with van der Waals surface area (Å²) < 4.78 is 26.4. The lowest BCUT2D eigenvalue weighted by atomic mass is 10.2. The van der Waals surface area contributed by atoms with Gasteiger partial charge in [0, 0.05) is 13.1 Å². The Bertz CT molecular complexity index is 836. The number of carbonyl (C=O) groups excluding carboxylic acids is 1. The third kappa shape index (κ3) is 3.88. The van der Waals surface area contributed by atoms with Crippen molar-refractivity contribution in [3.8, 4) is 0 Å². The molecule has 0 spiro atoms. The fraction of sp³-hybridized carbons (Fsp3) is 0.235. The Labute approximate surface area is 147 Å². The van der Waals surface area contributed by atoms with Crippen LogP contribution in [0.3, 0.4) is 0 Å². The summed E-state index contributed by atoms with van der Waals surface area (Å²) in [5, 5.41) is 2.94. The van der Waals surface area contributed by atoms with Gasteiger partial charge in [0.05, 0.1) is 21.2 Å². The molecule has 0 aliphatic rings. The average molecular weight is 367 g/mol. The highest BCUT2D eigenvalue weighted by molar-refractivity contribution is 7.92. The van der Waals surface area contributed by atoms with Crippen molar-refractivity contribution in [2.45, 2.75) is 24.8 Å². The average Bonchev–Trinajstić information content (AvgIpc) is 2.54. The summed E-state index contributed by atoms with van der Waals surface area (Å²) in [6.45, 7) is 3.70. The molecule has 2 aromatic carbocycles. The molecule has 2 aromatic rings. The first-order valence-corrected chi connectivity index (χ1v) is 9.19. The molecule has 128 valence electrons. The van der Waals surface area contributed by atoms with Gasteiger partial charge in [-0.1, -0.05) is 29.8 Å². The number of hydrogen-bond donors (Lipinski definition) is 1. The molecule has 0 saturated heterocycles. The molecule has 1 amide bonds. The molecule has 7 heteroatoms. The Kier molecular flexibility index (Phi) is 5.51. The minimum absolute atomic E-state index is 0.0191. The van der Waals surface area contributed by atoms with Crippen LogP contribution in [0, 0.1) is 0 Å². The monoisotopic (exact) mass is 366 g/mol. The number of nitrogens with zero attached hydrogens (tertiary/aromatic N) is 1. The van der Waals surface area contributed by atoms with Crippen molar-refractivity contribution in [1.29, 1.82) is 0 Å². The van der Waals surface area contributed by atoms with E-state index in [4.69, 9.17) is 11.6 Å². The summed E-state index contributed by atoms with van der Waals surface area (Å²) in [5.74, 6) is -0.296. The highest BCUT2D eigenvalue weighted by atomic mass is 35.5. The van der Waals surface area contributed by atoms with Crippen LogP contribution >= 0.6 is 11.6 Å². The van der Waals surface area contributed by atoms with E-state index in [-0.39, 0.29) is 21.9 Å². The first-order valence-electron chi connectivity index (χ1n) is 7.38. The second-order valence-electron chi connectivity index (χ2n) is 5.58. The van der Waals surface area contributed by atoms with Gasteiger partial charge in [0.15, 0.2) is 0 Å². The molecular formula is C17H19ClN2O3S.